The highest BCUT2D eigenvalue weighted by Crippen LogP contribution is 2.22. The second-order valence-corrected chi connectivity index (χ2v) is 3.30. The molecule has 0 unspecified atom stereocenters. The van der Waals surface area contributed by atoms with Crippen LogP contribution in [0.5, 0.6) is 0 Å². The molecule has 0 saturated carbocycles. The summed E-state index contributed by atoms with van der Waals surface area (Å²) < 4.78 is 0.946. The molecule has 1 heterocycles. The first-order valence-corrected chi connectivity index (χ1v) is 4.36. The van der Waals surface area contributed by atoms with E-state index in [1.165, 1.54) is 0 Å². The lowest BCUT2D eigenvalue weighted by molar-refractivity contribution is 1.00. The fourth-order valence-electron chi connectivity index (χ4n) is 0.886. The molecule has 0 spiro atoms. The maximum absolute atomic E-state index is 5.70. The number of nitrogen functional groups attached to an aromatic ring is 1. The van der Waals surface area contributed by atoms with Gasteiger partial charge in [0, 0.05) is 10.2 Å². The number of nitrogens with zero attached hydrogens (tertiary/aromatic N) is 1. The summed E-state index contributed by atoms with van der Waals surface area (Å²) in [7, 11) is 0. The molecule has 3 heteroatoms. The van der Waals surface area contributed by atoms with Crippen LogP contribution in [0.2, 0.25) is 0 Å². The van der Waals surface area contributed by atoms with Crippen molar-refractivity contribution in [1.29, 1.82) is 0 Å². The standard InChI is InChI=1S/C8H11BrN2/c1-3-6-4-7(9)8(10)5(2)11-6/h4H,3,10H2,1-2H3. The summed E-state index contributed by atoms with van der Waals surface area (Å²) in [6.45, 7) is 3.99. The highest BCUT2D eigenvalue weighted by atomic mass is 79.9. The molecule has 1 aromatic heterocycles. The van der Waals surface area contributed by atoms with Crippen LogP contribution >= 0.6 is 15.9 Å². The van der Waals surface area contributed by atoms with Gasteiger partial charge in [0.1, 0.15) is 0 Å². The van der Waals surface area contributed by atoms with Crippen molar-refractivity contribution in [2.45, 2.75) is 20.3 Å². The lowest BCUT2D eigenvalue weighted by Gasteiger charge is -2.04. The molecule has 0 atom stereocenters. The van der Waals surface area contributed by atoms with Crippen LogP contribution in [0, 0.1) is 6.92 Å². The van der Waals surface area contributed by atoms with Gasteiger partial charge >= 0.3 is 0 Å². The zero-order chi connectivity index (χ0) is 8.43. The number of pyridine rings is 1. The predicted molar refractivity (Wildman–Crippen MR) is 50.5 cm³/mol. The number of anilines is 1. The number of aromatic nitrogens is 1. The Labute approximate surface area is 75.0 Å². The molecule has 60 valence electrons. The SMILES string of the molecule is CCc1cc(Br)c(N)c(C)n1. The second-order valence-electron chi connectivity index (χ2n) is 2.45. The number of hydrogen-bond donors (Lipinski definition) is 1. The maximum Gasteiger partial charge on any atom is 0.0674 e. The quantitative estimate of drug-likeness (QED) is 0.780. The van der Waals surface area contributed by atoms with Gasteiger partial charge in [-0.2, -0.15) is 0 Å². The molecule has 0 aliphatic carbocycles. The lowest BCUT2D eigenvalue weighted by Crippen LogP contribution is -1.97. The van der Waals surface area contributed by atoms with Crippen LogP contribution in [-0.2, 0) is 6.42 Å². The average molecular weight is 215 g/mol. The predicted octanol–water partition coefficient (Wildman–Crippen LogP) is 2.30. The van der Waals surface area contributed by atoms with Gasteiger partial charge in [0.15, 0.2) is 0 Å². The Kier molecular flexibility index (Phi) is 2.49. The zero-order valence-corrected chi connectivity index (χ0v) is 8.27. The van der Waals surface area contributed by atoms with Gasteiger partial charge in [-0.15, -0.1) is 0 Å². The summed E-state index contributed by atoms with van der Waals surface area (Å²) in [4.78, 5) is 4.30. The molecule has 0 amide bonds. The molecule has 1 aromatic rings. The van der Waals surface area contributed by atoms with E-state index in [2.05, 4.69) is 27.8 Å². The molecule has 0 radical (unpaired) electrons. The first-order valence-electron chi connectivity index (χ1n) is 3.56. The van der Waals surface area contributed by atoms with Crippen LogP contribution in [0.15, 0.2) is 10.5 Å². The molecule has 1 rings (SSSR count). The lowest BCUT2D eigenvalue weighted by atomic mass is 10.2. The summed E-state index contributed by atoms with van der Waals surface area (Å²) in [6.07, 6.45) is 0.944. The molecule has 11 heavy (non-hydrogen) atoms. The van der Waals surface area contributed by atoms with Crippen molar-refractivity contribution in [1.82, 2.24) is 4.98 Å². The van der Waals surface area contributed by atoms with Crippen LogP contribution < -0.4 is 5.73 Å². The van der Waals surface area contributed by atoms with Gasteiger partial charge < -0.3 is 5.73 Å². The van der Waals surface area contributed by atoms with E-state index < -0.39 is 0 Å². The number of hydrogen-bond acceptors (Lipinski definition) is 2. The Morgan fingerprint density at radius 2 is 2.27 bits per heavy atom. The molecule has 0 fully saturated rings. The summed E-state index contributed by atoms with van der Waals surface area (Å²) in [5.41, 5.74) is 8.41. The van der Waals surface area contributed by atoms with Crippen molar-refractivity contribution in [2.24, 2.45) is 0 Å². The Bertz CT molecular complexity index is 248. The third-order valence-corrected chi connectivity index (χ3v) is 2.27. The maximum atomic E-state index is 5.70. The normalized spacial score (nSPS) is 10.1. The smallest absolute Gasteiger partial charge is 0.0674 e. The number of rotatable bonds is 1. The van der Waals surface area contributed by atoms with Crippen LogP contribution in [0.1, 0.15) is 18.3 Å². The van der Waals surface area contributed by atoms with Gasteiger partial charge in [0.05, 0.1) is 11.4 Å². The van der Waals surface area contributed by atoms with Crippen molar-refractivity contribution in [2.75, 3.05) is 5.73 Å². The topological polar surface area (TPSA) is 38.9 Å². The molecule has 0 bridgehead atoms. The first-order chi connectivity index (χ1) is 5.15. The van der Waals surface area contributed by atoms with Gasteiger partial charge in [0.2, 0.25) is 0 Å². The minimum atomic E-state index is 0.738. The Balaban J connectivity index is 3.21. The second kappa shape index (κ2) is 3.22. The average Bonchev–Trinajstić information content (AvgIpc) is 1.99. The van der Waals surface area contributed by atoms with Gasteiger partial charge in [0.25, 0.3) is 0 Å². The van der Waals surface area contributed by atoms with E-state index in [1.54, 1.807) is 0 Å². The van der Waals surface area contributed by atoms with Crippen molar-refractivity contribution >= 4 is 21.6 Å². The van der Waals surface area contributed by atoms with Gasteiger partial charge in [-0.1, -0.05) is 6.92 Å². The molecule has 2 N–H and O–H groups in total. The van der Waals surface area contributed by atoms with Gasteiger partial charge in [-0.05, 0) is 35.3 Å². The van der Waals surface area contributed by atoms with Crippen molar-refractivity contribution in [3.8, 4) is 0 Å². The van der Waals surface area contributed by atoms with Crippen LogP contribution in [0.3, 0.4) is 0 Å². The van der Waals surface area contributed by atoms with Gasteiger partial charge in [-0.25, -0.2) is 0 Å². The van der Waals surface area contributed by atoms with Gasteiger partial charge in [-0.3, -0.25) is 4.98 Å². The molecular weight excluding hydrogens is 204 g/mol. The zero-order valence-electron chi connectivity index (χ0n) is 6.69. The van der Waals surface area contributed by atoms with E-state index in [0.717, 1.165) is 28.0 Å². The molecule has 0 aliphatic heterocycles. The van der Waals surface area contributed by atoms with Crippen LogP contribution in [-0.4, -0.2) is 4.98 Å². The van der Waals surface area contributed by atoms with Crippen LogP contribution in [0.25, 0.3) is 0 Å². The monoisotopic (exact) mass is 214 g/mol. The summed E-state index contributed by atoms with van der Waals surface area (Å²) in [5.74, 6) is 0. The van der Waals surface area contributed by atoms with E-state index in [0.29, 0.717) is 0 Å². The number of aryl methyl sites for hydroxylation is 2. The van der Waals surface area contributed by atoms with E-state index in [9.17, 15) is 0 Å². The highest BCUT2D eigenvalue weighted by molar-refractivity contribution is 9.10. The number of halogens is 1. The fourth-order valence-corrected chi connectivity index (χ4v) is 1.44. The molecular formula is C8H11BrN2. The molecule has 0 aromatic carbocycles. The minimum absolute atomic E-state index is 0.738. The van der Waals surface area contributed by atoms with Crippen molar-refractivity contribution < 1.29 is 0 Å². The van der Waals surface area contributed by atoms with E-state index in [4.69, 9.17) is 5.73 Å². The number of nitrogens with two attached hydrogens (primary N) is 1. The third kappa shape index (κ3) is 1.71. The van der Waals surface area contributed by atoms with Crippen molar-refractivity contribution in [3.63, 3.8) is 0 Å². The Morgan fingerprint density at radius 3 is 2.73 bits per heavy atom. The van der Waals surface area contributed by atoms with Crippen molar-refractivity contribution in [3.05, 3.63) is 21.9 Å². The van der Waals surface area contributed by atoms with Crippen LogP contribution in [0.4, 0.5) is 5.69 Å². The summed E-state index contributed by atoms with van der Waals surface area (Å²) in [6, 6.07) is 1.96. The largest absolute Gasteiger partial charge is 0.396 e. The highest BCUT2D eigenvalue weighted by Gasteiger charge is 2.01. The Hall–Kier alpha value is -0.570. The first kappa shape index (κ1) is 8.53. The Morgan fingerprint density at radius 1 is 1.64 bits per heavy atom. The molecule has 0 aliphatic rings. The van der Waals surface area contributed by atoms with E-state index in [-0.39, 0.29) is 0 Å². The molecule has 0 saturated heterocycles. The van der Waals surface area contributed by atoms with E-state index >= 15 is 0 Å². The minimum Gasteiger partial charge on any atom is -0.396 e. The third-order valence-electron chi connectivity index (χ3n) is 1.61. The summed E-state index contributed by atoms with van der Waals surface area (Å²) in [5, 5.41) is 0. The molecule has 2 nitrogen and oxygen atoms in total. The fraction of sp³-hybridized carbons (Fsp3) is 0.375. The summed E-state index contributed by atoms with van der Waals surface area (Å²) >= 11 is 3.37. The van der Waals surface area contributed by atoms with E-state index in [1.807, 2.05) is 13.0 Å².